The van der Waals surface area contributed by atoms with Gasteiger partial charge < -0.3 is 19.6 Å². The van der Waals surface area contributed by atoms with E-state index in [1.54, 1.807) is 5.51 Å². The Bertz CT molecular complexity index is 839. The van der Waals surface area contributed by atoms with Crippen LogP contribution in [0.15, 0.2) is 11.6 Å². The summed E-state index contributed by atoms with van der Waals surface area (Å²) in [6.45, 7) is 10.8. The third-order valence-electron chi connectivity index (χ3n) is 5.45. The lowest BCUT2D eigenvalue weighted by Crippen LogP contribution is -2.49. The Balaban J connectivity index is 1.43. The first-order valence-corrected chi connectivity index (χ1v) is 10.6. The molecule has 0 atom stereocenters. The van der Waals surface area contributed by atoms with Gasteiger partial charge in [-0.2, -0.15) is 4.98 Å². The van der Waals surface area contributed by atoms with Crippen LogP contribution >= 0.6 is 11.3 Å². The van der Waals surface area contributed by atoms with E-state index in [0.29, 0.717) is 13.1 Å². The second kappa shape index (κ2) is 8.00. The molecule has 2 aromatic heterocycles. The number of carbonyl (C=O) groups excluding carboxylic acids is 1. The zero-order valence-corrected chi connectivity index (χ0v) is 17.6. The molecule has 0 spiro atoms. The number of nitrogens with zero attached hydrogens (tertiary/aromatic N) is 7. The maximum absolute atomic E-state index is 12.7. The lowest BCUT2D eigenvalue weighted by atomic mass is 10.2. The van der Waals surface area contributed by atoms with Crippen LogP contribution < -0.4 is 9.80 Å². The largest absolute Gasteiger partial charge is 0.354 e. The number of likely N-dealkylation sites (N-methyl/N-ethyl adjacent to an activating group) is 1. The summed E-state index contributed by atoms with van der Waals surface area (Å²) in [5, 5.41) is 0. The van der Waals surface area contributed by atoms with Crippen LogP contribution in [0.2, 0.25) is 0 Å². The minimum Gasteiger partial charge on any atom is -0.354 e. The Morgan fingerprint density at radius 2 is 1.64 bits per heavy atom. The van der Waals surface area contributed by atoms with Crippen LogP contribution in [-0.4, -0.2) is 90.1 Å². The fourth-order valence-electron chi connectivity index (χ4n) is 3.64. The van der Waals surface area contributed by atoms with Gasteiger partial charge in [-0.3, -0.25) is 4.79 Å². The van der Waals surface area contributed by atoms with E-state index in [1.165, 1.54) is 11.3 Å². The van der Waals surface area contributed by atoms with E-state index in [0.717, 1.165) is 67.3 Å². The first-order chi connectivity index (χ1) is 13.5. The van der Waals surface area contributed by atoms with Gasteiger partial charge in [0.2, 0.25) is 5.95 Å². The number of thiazole rings is 1. The SMILES string of the molecule is Cc1cc(N2CCN(C)CC2)nc(N2CCN(C(=O)c3scnc3C)CC2)n1. The average molecular weight is 402 g/mol. The molecule has 0 N–H and O–H groups in total. The number of aryl methyl sites for hydroxylation is 2. The Morgan fingerprint density at radius 1 is 0.964 bits per heavy atom. The molecule has 9 heteroatoms. The van der Waals surface area contributed by atoms with Crippen molar-refractivity contribution < 1.29 is 4.79 Å². The first kappa shape index (κ1) is 19.1. The number of aromatic nitrogens is 3. The maximum atomic E-state index is 12.7. The van der Waals surface area contributed by atoms with Crippen molar-refractivity contribution in [2.45, 2.75) is 13.8 Å². The monoisotopic (exact) mass is 401 g/mol. The molecule has 0 saturated carbocycles. The van der Waals surface area contributed by atoms with Gasteiger partial charge >= 0.3 is 0 Å². The molecule has 0 unspecified atom stereocenters. The van der Waals surface area contributed by atoms with Crippen molar-refractivity contribution in [2.75, 3.05) is 69.2 Å². The molecule has 2 aliphatic rings. The molecule has 4 rings (SSSR count). The summed E-state index contributed by atoms with van der Waals surface area (Å²) in [7, 11) is 2.16. The lowest BCUT2D eigenvalue weighted by Gasteiger charge is -2.36. The van der Waals surface area contributed by atoms with Crippen LogP contribution in [0.5, 0.6) is 0 Å². The van der Waals surface area contributed by atoms with Crippen LogP contribution in [0.4, 0.5) is 11.8 Å². The molecule has 2 fully saturated rings. The normalized spacial score (nSPS) is 18.6. The average Bonchev–Trinajstić information content (AvgIpc) is 3.13. The molecule has 150 valence electrons. The van der Waals surface area contributed by atoms with E-state index in [9.17, 15) is 4.79 Å². The molecule has 0 aliphatic carbocycles. The minimum atomic E-state index is 0.0861. The zero-order valence-electron chi connectivity index (χ0n) is 16.8. The Hall–Kier alpha value is -2.26. The van der Waals surface area contributed by atoms with Crippen LogP contribution in [0, 0.1) is 13.8 Å². The summed E-state index contributed by atoms with van der Waals surface area (Å²) >= 11 is 1.42. The van der Waals surface area contributed by atoms with E-state index < -0.39 is 0 Å². The van der Waals surface area contributed by atoms with Gasteiger partial charge in [0.15, 0.2) is 0 Å². The number of amides is 1. The van der Waals surface area contributed by atoms with Crippen LogP contribution in [-0.2, 0) is 0 Å². The number of anilines is 2. The van der Waals surface area contributed by atoms with E-state index in [-0.39, 0.29) is 5.91 Å². The molecular weight excluding hydrogens is 374 g/mol. The molecule has 0 radical (unpaired) electrons. The number of piperazine rings is 2. The van der Waals surface area contributed by atoms with E-state index in [4.69, 9.17) is 4.98 Å². The number of hydrogen-bond donors (Lipinski definition) is 0. The summed E-state index contributed by atoms with van der Waals surface area (Å²) in [4.78, 5) is 35.9. The van der Waals surface area contributed by atoms with Crippen molar-refractivity contribution in [2.24, 2.45) is 0 Å². The molecule has 4 heterocycles. The van der Waals surface area contributed by atoms with Gasteiger partial charge in [0.05, 0.1) is 11.2 Å². The topological polar surface area (TPSA) is 68.7 Å². The highest BCUT2D eigenvalue weighted by atomic mass is 32.1. The highest BCUT2D eigenvalue weighted by Crippen LogP contribution is 2.21. The standard InChI is InChI=1S/C19H27N7OS/c1-14-12-16(24-6-4-23(3)5-7-24)22-19(21-14)26-10-8-25(9-11-26)18(27)17-15(2)20-13-28-17/h12-13H,4-11H2,1-3H3. The van der Waals surface area contributed by atoms with Crippen LogP contribution in [0.1, 0.15) is 21.1 Å². The summed E-state index contributed by atoms with van der Waals surface area (Å²) in [5.74, 6) is 1.87. The highest BCUT2D eigenvalue weighted by Gasteiger charge is 2.26. The molecule has 2 aliphatic heterocycles. The van der Waals surface area contributed by atoms with Gasteiger partial charge in [-0.05, 0) is 20.9 Å². The summed E-state index contributed by atoms with van der Waals surface area (Å²) in [6, 6.07) is 2.07. The second-order valence-electron chi connectivity index (χ2n) is 7.50. The molecule has 1 amide bonds. The first-order valence-electron chi connectivity index (χ1n) is 9.75. The summed E-state index contributed by atoms with van der Waals surface area (Å²) < 4.78 is 0. The number of hydrogen-bond acceptors (Lipinski definition) is 8. The Labute approximate surface area is 169 Å². The van der Waals surface area contributed by atoms with Gasteiger partial charge in [-0.1, -0.05) is 0 Å². The van der Waals surface area contributed by atoms with Gasteiger partial charge in [0, 0.05) is 64.1 Å². The number of rotatable bonds is 3. The fourth-order valence-corrected chi connectivity index (χ4v) is 4.41. The van der Waals surface area contributed by atoms with Crippen molar-refractivity contribution in [3.63, 3.8) is 0 Å². The van der Waals surface area contributed by atoms with Gasteiger partial charge in [0.25, 0.3) is 5.91 Å². The van der Waals surface area contributed by atoms with Crippen molar-refractivity contribution >= 4 is 29.0 Å². The fraction of sp³-hybridized carbons (Fsp3) is 0.579. The lowest BCUT2D eigenvalue weighted by molar-refractivity contribution is 0.0750. The molecule has 28 heavy (non-hydrogen) atoms. The van der Waals surface area contributed by atoms with Crippen molar-refractivity contribution in [1.82, 2.24) is 24.8 Å². The summed E-state index contributed by atoms with van der Waals surface area (Å²) in [5.41, 5.74) is 3.54. The molecular formula is C19H27N7OS. The zero-order chi connectivity index (χ0) is 19.7. The smallest absolute Gasteiger partial charge is 0.265 e. The number of carbonyl (C=O) groups is 1. The van der Waals surface area contributed by atoms with Crippen LogP contribution in [0.3, 0.4) is 0 Å². The highest BCUT2D eigenvalue weighted by molar-refractivity contribution is 7.11. The molecule has 2 aromatic rings. The van der Waals surface area contributed by atoms with Crippen LogP contribution in [0.25, 0.3) is 0 Å². The maximum Gasteiger partial charge on any atom is 0.265 e. The third-order valence-corrected chi connectivity index (χ3v) is 6.36. The molecule has 2 saturated heterocycles. The van der Waals surface area contributed by atoms with Crippen molar-refractivity contribution in [3.8, 4) is 0 Å². The third kappa shape index (κ3) is 3.95. The minimum absolute atomic E-state index is 0.0861. The second-order valence-corrected chi connectivity index (χ2v) is 8.36. The van der Waals surface area contributed by atoms with E-state index in [1.807, 2.05) is 18.7 Å². The molecule has 0 aromatic carbocycles. The van der Waals surface area contributed by atoms with E-state index in [2.05, 4.69) is 37.8 Å². The van der Waals surface area contributed by atoms with E-state index >= 15 is 0 Å². The Morgan fingerprint density at radius 3 is 2.29 bits per heavy atom. The van der Waals surface area contributed by atoms with Crippen molar-refractivity contribution in [3.05, 3.63) is 27.8 Å². The van der Waals surface area contributed by atoms with Gasteiger partial charge in [0.1, 0.15) is 10.7 Å². The van der Waals surface area contributed by atoms with Gasteiger partial charge in [-0.25, -0.2) is 9.97 Å². The molecule has 8 nitrogen and oxygen atoms in total. The van der Waals surface area contributed by atoms with Gasteiger partial charge in [-0.15, -0.1) is 11.3 Å². The predicted molar refractivity (Wildman–Crippen MR) is 111 cm³/mol. The summed E-state index contributed by atoms with van der Waals surface area (Å²) in [6.07, 6.45) is 0. The quantitative estimate of drug-likeness (QED) is 0.767. The Kier molecular flexibility index (Phi) is 5.45. The predicted octanol–water partition coefficient (Wildman–Crippen LogP) is 1.26. The van der Waals surface area contributed by atoms with Crippen molar-refractivity contribution in [1.29, 1.82) is 0 Å². The molecule has 0 bridgehead atoms.